The van der Waals surface area contributed by atoms with Crippen LogP contribution in [0.15, 0.2) is 36.9 Å². The van der Waals surface area contributed by atoms with Crippen LogP contribution in [0.25, 0.3) is 0 Å². The molecule has 1 fully saturated rings. The zero-order valence-corrected chi connectivity index (χ0v) is 21.7. The van der Waals surface area contributed by atoms with Gasteiger partial charge in [0, 0.05) is 17.0 Å². The molecule has 1 heterocycles. The van der Waals surface area contributed by atoms with E-state index in [2.05, 4.69) is 68.8 Å². The predicted octanol–water partition coefficient (Wildman–Crippen LogP) is 7.08. The summed E-state index contributed by atoms with van der Waals surface area (Å²) in [7, 11) is 0. The van der Waals surface area contributed by atoms with Gasteiger partial charge in [0.15, 0.2) is 0 Å². The van der Waals surface area contributed by atoms with Gasteiger partial charge in [-0.3, -0.25) is 9.69 Å². The summed E-state index contributed by atoms with van der Waals surface area (Å²) in [6.45, 7) is 18.5. The number of carbonyl (C=O) groups is 1. The van der Waals surface area contributed by atoms with Crippen molar-refractivity contribution in [1.29, 1.82) is 0 Å². The first-order chi connectivity index (χ1) is 15.2. The summed E-state index contributed by atoms with van der Waals surface area (Å²) in [6.07, 6.45) is 11.0. The molecule has 1 saturated heterocycles. The fourth-order valence-electron chi connectivity index (χ4n) is 5.51. The maximum Gasteiger partial charge on any atom is 0.226 e. The molecule has 180 valence electrons. The summed E-state index contributed by atoms with van der Waals surface area (Å²) in [4.78, 5) is 16.0. The Balaban J connectivity index is 0.00000176. The van der Waals surface area contributed by atoms with Crippen LogP contribution in [-0.2, 0) is 11.2 Å². The molecule has 0 radical (unpaired) electrons. The molecule has 1 aromatic carbocycles. The summed E-state index contributed by atoms with van der Waals surface area (Å²) >= 11 is 0. The molecule has 3 nitrogen and oxygen atoms in total. The van der Waals surface area contributed by atoms with E-state index in [4.69, 9.17) is 0 Å². The third-order valence-corrected chi connectivity index (χ3v) is 7.33. The molecule has 2 unspecified atom stereocenters. The Morgan fingerprint density at radius 2 is 1.75 bits per heavy atom. The van der Waals surface area contributed by atoms with Crippen LogP contribution in [0.1, 0.15) is 104 Å². The number of allylic oxidation sites excluding steroid dienone is 1. The number of hydrogen-bond acceptors (Lipinski definition) is 2. The summed E-state index contributed by atoms with van der Waals surface area (Å²) < 4.78 is 0. The Morgan fingerprint density at radius 3 is 2.38 bits per heavy atom. The van der Waals surface area contributed by atoms with Crippen molar-refractivity contribution in [3.63, 3.8) is 0 Å². The highest BCUT2D eigenvalue weighted by molar-refractivity contribution is 5.83. The van der Waals surface area contributed by atoms with Crippen molar-refractivity contribution in [2.45, 2.75) is 104 Å². The number of likely N-dealkylation sites (tertiary alicyclic amines) is 1. The zero-order valence-electron chi connectivity index (χ0n) is 21.7. The molecule has 0 spiro atoms. The molecule has 3 rings (SSSR count). The number of piperidine rings is 1. The molecule has 2 atom stereocenters. The average Bonchev–Trinajstić information content (AvgIpc) is 3.00. The molecule has 1 aromatic rings. The molecular formula is C29H48N2O. The summed E-state index contributed by atoms with van der Waals surface area (Å²) in [5.41, 5.74) is 2.57. The first-order valence-corrected chi connectivity index (χ1v) is 13.0. The summed E-state index contributed by atoms with van der Waals surface area (Å²) in [5.74, 6) is 0.646. The van der Waals surface area contributed by atoms with Crippen LogP contribution >= 0.6 is 0 Å². The van der Waals surface area contributed by atoms with E-state index >= 15 is 0 Å². The van der Waals surface area contributed by atoms with Gasteiger partial charge in [-0.2, -0.15) is 0 Å². The lowest BCUT2D eigenvalue weighted by atomic mass is 9.68. The topological polar surface area (TPSA) is 32.3 Å². The number of nitrogens with zero attached hydrogens (tertiary/aromatic N) is 1. The van der Waals surface area contributed by atoms with Gasteiger partial charge in [0.1, 0.15) is 0 Å². The molecular weight excluding hydrogens is 392 g/mol. The van der Waals surface area contributed by atoms with Crippen molar-refractivity contribution in [3.8, 4) is 0 Å². The summed E-state index contributed by atoms with van der Waals surface area (Å²) in [6, 6.07) is 9.61. The highest BCUT2D eigenvalue weighted by atomic mass is 16.2. The monoisotopic (exact) mass is 440 g/mol. The van der Waals surface area contributed by atoms with Crippen molar-refractivity contribution in [2.24, 2.45) is 11.3 Å². The van der Waals surface area contributed by atoms with Gasteiger partial charge in [-0.15, -0.1) is 6.58 Å². The lowest BCUT2D eigenvalue weighted by Crippen LogP contribution is -2.52. The highest BCUT2D eigenvalue weighted by Crippen LogP contribution is 2.43. The Hall–Kier alpha value is -1.61. The third kappa shape index (κ3) is 6.70. The summed E-state index contributed by atoms with van der Waals surface area (Å²) in [5, 5.41) is 3.27. The van der Waals surface area contributed by atoms with E-state index in [1.54, 1.807) is 11.1 Å². The largest absolute Gasteiger partial charge is 0.351 e. The Kier molecular flexibility index (Phi) is 10.0. The van der Waals surface area contributed by atoms with Crippen LogP contribution in [0.3, 0.4) is 0 Å². The van der Waals surface area contributed by atoms with Crippen LogP contribution < -0.4 is 5.32 Å². The minimum Gasteiger partial charge on any atom is -0.351 e. The van der Waals surface area contributed by atoms with Crippen molar-refractivity contribution in [3.05, 3.63) is 48.0 Å². The normalized spacial score (nSPS) is 21.9. The number of aryl methyl sites for hydroxylation is 1. The van der Waals surface area contributed by atoms with E-state index in [0.717, 1.165) is 38.8 Å². The Morgan fingerprint density at radius 1 is 1.09 bits per heavy atom. The lowest BCUT2D eigenvalue weighted by Gasteiger charge is -2.45. The fourth-order valence-corrected chi connectivity index (χ4v) is 5.51. The minimum atomic E-state index is -0.324. The van der Waals surface area contributed by atoms with Crippen molar-refractivity contribution in [1.82, 2.24) is 10.2 Å². The van der Waals surface area contributed by atoms with Crippen molar-refractivity contribution >= 4 is 5.91 Å². The number of benzene rings is 1. The van der Waals surface area contributed by atoms with E-state index in [1.807, 2.05) is 19.9 Å². The minimum absolute atomic E-state index is 0.197. The maximum atomic E-state index is 13.3. The third-order valence-electron chi connectivity index (χ3n) is 7.33. The molecule has 0 aromatic heterocycles. The van der Waals surface area contributed by atoms with Crippen LogP contribution in [0.5, 0.6) is 0 Å². The first-order valence-electron chi connectivity index (χ1n) is 13.0. The van der Waals surface area contributed by atoms with E-state index in [1.165, 1.54) is 25.7 Å². The molecule has 2 aliphatic rings. The van der Waals surface area contributed by atoms with Gasteiger partial charge in [-0.25, -0.2) is 0 Å². The molecule has 1 N–H and O–H groups in total. The van der Waals surface area contributed by atoms with E-state index in [-0.39, 0.29) is 16.9 Å². The van der Waals surface area contributed by atoms with Gasteiger partial charge in [0.05, 0.1) is 0 Å². The number of nitrogens with one attached hydrogen (secondary N) is 1. The lowest BCUT2D eigenvalue weighted by molar-refractivity contribution is -0.136. The Labute approximate surface area is 198 Å². The molecule has 1 amide bonds. The van der Waals surface area contributed by atoms with Gasteiger partial charge < -0.3 is 5.32 Å². The van der Waals surface area contributed by atoms with Crippen molar-refractivity contribution < 1.29 is 4.79 Å². The molecule has 1 aliphatic heterocycles. The molecule has 32 heavy (non-hydrogen) atoms. The van der Waals surface area contributed by atoms with Crippen LogP contribution in [0.2, 0.25) is 0 Å². The molecule has 1 aliphatic carbocycles. The van der Waals surface area contributed by atoms with Crippen molar-refractivity contribution in [2.75, 3.05) is 13.1 Å². The zero-order chi connectivity index (χ0) is 23.8. The second-order valence-corrected chi connectivity index (χ2v) is 10.7. The molecule has 0 saturated carbocycles. The number of hydrogen-bond donors (Lipinski definition) is 1. The first kappa shape index (κ1) is 26.6. The predicted molar refractivity (Wildman–Crippen MR) is 138 cm³/mol. The number of carbonyl (C=O) groups excluding carboxylic acids is 1. The Bertz CT molecular complexity index is 727. The number of rotatable bonds is 6. The molecule has 3 heteroatoms. The maximum absolute atomic E-state index is 13.3. The fraction of sp³-hybridized carbons (Fsp3) is 0.690. The highest BCUT2D eigenvalue weighted by Gasteiger charge is 2.43. The second kappa shape index (κ2) is 12.0. The van der Waals surface area contributed by atoms with Gasteiger partial charge in [0.2, 0.25) is 5.91 Å². The quantitative estimate of drug-likeness (QED) is 0.378. The number of amides is 1. The SMILES string of the molecule is C=CCCC(C)(C(=O)NC(C)(C)C)C1CCN(C2CCCCc3ccccc32)CC1.CC. The van der Waals surface area contributed by atoms with Gasteiger partial charge in [-0.1, -0.05) is 57.5 Å². The number of fused-ring (bicyclic) bond motifs is 1. The van der Waals surface area contributed by atoms with E-state index < -0.39 is 0 Å². The van der Waals surface area contributed by atoms with Gasteiger partial charge >= 0.3 is 0 Å². The smallest absolute Gasteiger partial charge is 0.226 e. The van der Waals surface area contributed by atoms with Gasteiger partial charge in [-0.05, 0) is 95.9 Å². The van der Waals surface area contributed by atoms with Crippen LogP contribution in [0.4, 0.5) is 0 Å². The van der Waals surface area contributed by atoms with E-state index in [9.17, 15) is 4.79 Å². The van der Waals surface area contributed by atoms with Crippen LogP contribution in [0, 0.1) is 11.3 Å². The van der Waals surface area contributed by atoms with E-state index in [0.29, 0.717) is 12.0 Å². The molecule has 0 bridgehead atoms. The van der Waals surface area contributed by atoms with Crippen LogP contribution in [-0.4, -0.2) is 29.4 Å². The standard InChI is InChI=1S/C27H42N2O.C2H6/c1-6-7-18-27(5,25(30)28-26(2,3)4)22-16-19-29(20-17-22)24-15-11-9-13-21-12-8-10-14-23(21)24;1-2/h6,8,10,12,14,22,24H,1,7,9,11,13,15-20H2,2-5H3,(H,28,30);1-2H3. The average molecular weight is 441 g/mol. The van der Waals surface area contributed by atoms with Gasteiger partial charge in [0.25, 0.3) is 0 Å². The second-order valence-electron chi connectivity index (χ2n) is 10.7.